The number of hydrogen-bond donors (Lipinski definition) is 1. The standard InChI is InChI=1S/C20H16N6OS2/c1-11(24-18(27)15-8-28-10-23-15)12-4-3-5-13(6-12)19-25-16-17-14(22-9-26(17)2)7-21-20(16)29-19/h3-11H,1-2H3,(H,24,27)/t11-/m0/s1. The van der Waals surface area contributed by atoms with E-state index in [4.69, 9.17) is 4.98 Å². The van der Waals surface area contributed by atoms with E-state index in [1.54, 1.807) is 34.8 Å². The molecule has 9 heteroatoms. The molecule has 1 amide bonds. The van der Waals surface area contributed by atoms with Crippen molar-refractivity contribution in [3.63, 3.8) is 0 Å². The van der Waals surface area contributed by atoms with Crippen molar-refractivity contribution < 1.29 is 4.79 Å². The average molecular weight is 421 g/mol. The molecule has 0 fully saturated rings. The number of carbonyl (C=O) groups excluding carboxylic acids is 1. The minimum Gasteiger partial charge on any atom is -0.344 e. The Kier molecular flexibility index (Phi) is 4.33. The maximum Gasteiger partial charge on any atom is 0.271 e. The topological polar surface area (TPSA) is 85.6 Å². The highest BCUT2D eigenvalue weighted by molar-refractivity contribution is 7.21. The number of rotatable bonds is 4. The first-order chi connectivity index (χ1) is 14.1. The molecule has 7 nitrogen and oxygen atoms in total. The Balaban J connectivity index is 1.48. The van der Waals surface area contributed by atoms with Gasteiger partial charge in [0.25, 0.3) is 5.91 Å². The van der Waals surface area contributed by atoms with Gasteiger partial charge < -0.3 is 9.88 Å². The Morgan fingerprint density at radius 3 is 2.97 bits per heavy atom. The number of benzene rings is 1. The molecule has 0 aliphatic heterocycles. The van der Waals surface area contributed by atoms with E-state index >= 15 is 0 Å². The maximum atomic E-state index is 12.3. The first kappa shape index (κ1) is 17.9. The molecule has 0 aliphatic rings. The number of carbonyl (C=O) groups is 1. The second kappa shape index (κ2) is 7.02. The highest BCUT2D eigenvalue weighted by Gasteiger charge is 2.16. The van der Waals surface area contributed by atoms with Crippen LogP contribution >= 0.6 is 22.7 Å². The predicted octanol–water partition coefficient (Wildman–Crippen LogP) is 4.19. The second-order valence-corrected chi connectivity index (χ2v) is 8.41. The number of nitrogens with zero attached hydrogens (tertiary/aromatic N) is 5. The Morgan fingerprint density at radius 1 is 1.24 bits per heavy atom. The van der Waals surface area contributed by atoms with E-state index in [1.807, 2.05) is 36.7 Å². The van der Waals surface area contributed by atoms with Crippen LogP contribution in [0.25, 0.3) is 32.0 Å². The van der Waals surface area contributed by atoms with Gasteiger partial charge in [-0.05, 0) is 18.6 Å². The monoisotopic (exact) mass is 420 g/mol. The van der Waals surface area contributed by atoms with Gasteiger partial charge in [-0.1, -0.05) is 29.5 Å². The number of aromatic nitrogens is 5. The largest absolute Gasteiger partial charge is 0.344 e. The van der Waals surface area contributed by atoms with Crippen LogP contribution in [0.5, 0.6) is 0 Å². The molecule has 0 saturated carbocycles. The molecular weight excluding hydrogens is 404 g/mol. The summed E-state index contributed by atoms with van der Waals surface area (Å²) in [5, 5.41) is 5.63. The molecule has 29 heavy (non-hydrogen) atoms. The van der Waals surface area contributed by atoms with Crippen molar-refractivity contribution in [2.75, 3.05) is 0 Å². The summed E-state index contributed by atoms with van der Waals surface area (Å²) in [4.78, 5) is 31.0. The van der Waals surface area contributed by atoms with Gasteiger partial charge in [-0.2, -0.15) is 0 Å². The van der Waals surface area contributed by atoms with Crippen LogP contribution in [0.3, 0.4) is 0 Å². The molecule has 0 radical (unpaired) electrons. The van der Waals surface area contributed by atoms with Gasteiger partial charge in [0.1, 0.15) is 26.6 Å². The summed E-state index contributed by atoms with van der Waals surface area (Å²) >= 11 is 2.95. The van der Waals surface area contributed by atoms with E-state index in [0.29, 0.717) is 5.69 Å². The summed E-state index contributed by atoms with van der Waals surface area (Å²) in [6, 6.07) is 7.91. The zero-order valence-corrected chi connectivity index (χ0v) is 17.3. The fraction of sp³-hybridized carbons (Fsp3) is 0.150. The third-order valence-corrected chi connectivity index (χ3v) is 6.35. The molecule has 5 aromatic rings. The van der Waals surface area contributed by atoms with Crippen LogP contribution in [0.4, 0.5) is 0 Å². The van der Waals surface area contributed by atoms with Crippen LogP contribution in [-0.4, -0.2) is 30.4 Å². The zero-order chi connectivity index (χ0) is 20.0. The number of imidazole rings is 1. The number of fused-ring (bicyclic) bond motifs is 3. The molecule has 1 atom stereocenters. The zero-order valence-electron chi connectivity index (χ0n) is 15.7. The predicted molar refractivity (Wildman–Crippen MR) is 115 cm³/mol. The molecular formula is C20H16N6OS2. The van der Waals surface area contributed by atoms with E-state index in [2.05, 4.69) is 26.3 Å². The molecule has 0 aliphatic carbocycles. The molecule has 1 aromatic carbocycles. The lowest BCUT2D eigenvalue weighted by atomic mass is 10.1. The smallest absolute Gasteiger partial charge is 0.271 e. The average Bonchev–Trinajstić information content (AvgIpc) is 3.47. The first-order valence-corrected chi connectivity index (χ1v) is 10.7. The Bertz CT molecular complexity index is 1340. The normalized spacial score (nSPS) is 12.5. The fourth-order valence-corrected chi connectivity index (χ4v) is 4.69. The molecule has 0 bridgehead atoms. The Labute approximate surface area is 174 Å². The number of amides is 1. The van der Waals surface area contributed by atoms with Crippen molar-refractivity contribution in [3.8, 4) is 10.6 Å². The van der Waals surface area contributed by atoms with Crippen molar-refractivity contribution in [2.45, 2.75) is 13.0 Å². The van der Waals surface area contributed by atoms with Gasteiger partial charge in [0.15, 0.2) is 0 Å². The third-order valence-electron chi connectivity index (χ3n) is 4.75. The number of aryl methyl sites for hydroxylation is 1. The fourth-order valence-electron chi connectivity index (χ4n) is 3.25. The molecule has 0 unspecified atom stereocenters. The van der Waals surface area contributed by atoms with Crippen molar-refractivity contribution in [2.24, 2.45) is 7.05 Å². The minimum atomic E-state index is -0.174. The van der Waals surface area contributed by atoms with Crippen LogP contribution in [0, 0.1) is 0 Å². The summed E-state index contributed by atoms with van der Waals surface area (Å²) in [6.07, 6.45) is 3.56. The molecule has 0 spiro atoms. The van der Waals surface area contributed by atoms with Gasteiger partial charge in [-0.3, -0.25) is 4.79 Å². The molecule has 144 valence electrons. The molecule has 4 heterocycles. The highest BCUT2D eigenvalue weighted by atomic mass is 32.1. The quantitative estimate of drug-likeness (QED) is 0.471. The first-order valence-electron chi connectivity index (χ1n) is 8.96. The van der Waals surface area contributed by atoms with E-state index in [0.717, 1.165) is 37.5 Å². The summed E-state index contributed by atoms with van der Waals surface area (Å²) in [5.74, 6) is -0.174. The van der Waals surface area contributed by atoms with Gasteiger partial charge in [-0.25, -0.2) is 19.9 Å². The summed E-state index contributed by atoms with van der Waals surface area (Å²) in [7, 11) is 1.96. The highest BCUT2D eigenvalue weighted by Crippen LogP contribution is 2.33. The van der Waals surface area contributed by atoms with Crippen LogP contribution in [0.1, 0.15) is 29.0 Å². The van der Waals surface area contributed by atoms with Crippen LogP contribution < -0.4 is 5.32 Å². The lowest BCUT2D eigenvalue weighted by Gasteiger charge is -2.14. The molecule has 0 saturated heterocycles. The summed E-state index contributed by atoms with van der Waals surface area (Å²) in [6.45, 7) is 1.96. The Morgan fingerprint density at radius 2 is 2.14 bits per heavy atom. The number of nitrogens with one attached hydrogen (secondary N) is 1. The van der Waals surface area contributed by atoms with E-state index in [1.165, 1.54) is 11.3 Å². The van der Waals surface area contributed by atoms with Gasteiger partial charge in [0, 0.05) is 18.0 Å². The van der Waals surface area contributed by atoms with Crippen molar-refractivity contribution in [1.29, 1.82) is 0 Å². The minimum absolute atomic E-state index is 0.152. The molecule has 4 aromatic heterocycles. The van der Waals surface area contributed by atoms with Gasteiger partial charge in [0.05, 0.1) is 29.6 Å². The number of pyridine rings is 1. The number of thiazole rings is 2. The van der Waals surface area contributed by atoms with Crippen molar-refractivity contribution in [3.05, 3.63) is 58.9 Å². The van der Waals surface area contributed by atoms with E-state index < -0.39 is 0 Å². The third kappa shape index (κ3) is 3.18. The van der Waals surface area contributed by atoms with Crippen molar-refractivity contribution >= 4 is 50.0 Å². The molecule has 1 N–H and O–H groups in total. The summed E-state index contributed by atoms with van der Waals surface area (Å²) < 4.78 is 1.97. The van der Waals surface area contributed by atoms with Crippen LogP contribution in [-0.2, 0) is 7.05 Å². The summed E-state index contributed by atoms with van der Waals surface area (Å²) in [5.41, 5.74) is 6.77. The lowest BCUT2D eigenvalue weighted by Crippen LogP contribution is -2.26. The van der Waals surface area contributed by atoms with E-state index in [-0.39, 0.29) is 11.9 Å². The Hall–Kier alpha value is -3.17. The SMILES string of the molecule is C[C@H](NC(=O)c1cscn1)c1cccc(-c2nc3c(ncc4ncn(C)c43)s2)c1. The van der Waals surface area contributed by atoms with Crippen LogP contribution in [0.2, 0.25) is 0 Å². The van der Waals surface area contributed by atoms with Gasteiger partial charge >= 0.3 is 0 Å². The maximum absolute atomic E-state index is 12.3. The molecule has 5 rings (SSSR count). The van der Waals surface area contributed by atoms with Crippen LogP contribution in [0.15, 0.2) is 47.7 Å². The second-order valence-electron chi connectivity index (χ2n) is 6.71. The number of hydrogen-bond acceptors (Lipinski definition) is 7. The van der Waals surface area contributed by atoms with Gasteiger partial charge in [-0.15, -0.1) is 11.3 Å². The van der Waals surface area contributed by atoms with Crippen molar-refractivity contribution in [1.82, 2.24) is 29.8 Å². The van der Waals surface area contributed by atoms with Gasteiger partial charge in [0.2, 0.25) is 0 Å². The van der Waals surface area contributed by atoms with E-state index in [9.17, 15) is 4.79 Å². The lowest BCUT2D eigenvalue weighted by molar-refractivity contribution is 0.0935.